The molecule has 2 heteroatoms. The molecule has 0 aliphatic heterocycles. The molecule has 0 fully saturated rings. The zero-order chi connectivity index (χ0) is 14.9. The average molecular weight is 271 g/mol. The predicted octanol–water partition coefficient (Wildman–Crippen LogP) is 4.17. The Hall–Kier alpha value is -1.67. The smallest absolute Gasteiger partial charge is 0.126 e. The van der Waals surface area contributed by atoms with Crippen molar-refractivity contribution in [3.05, 3.63) is 70.0 Å². The minimum atomic E-state index is -0.575. The summed E-state index contributed by atoms with van der Waals surface area (Å²) in [6.45, 7) is 7.87. The summed E-state index contributed by atoms with van der Waals surface area (Å²) >= 11 is 0. The standard InChI is InChI=1S/C18H22FN/c1-12-7-13(2)9-15(8-12)11-18(4,20)16-6-5-14(3)17(19)10-16/h5-10H,11,20H2,1-4H3. The molecule has 0 saturated heterocycles. The zero-order valence-corrected chi connectivity index (χ0v) is 12.6. The Labute approximate surface area is 120 Å². The molecule has 0 radical (unpaired) electrons. The molecule has 106 valence electrons. The Morgan fingerprint density at radius 1 is 1.00 bits per heavy atom. The van der Waals surface area contributed by atoms with Crippen LogP contribution in [0.2, 0.25) is 0 Å². The van der Waals surface area contributed by atoms with Crippen molar-refractivity contribution in [1.29, 1.82) is 0 Å². The Balaban J connectivity index is 2.32. The molecule has 2 N–H and O–H groups in total. The number of benzene rings is 2. The molecule has 20 heavy (non-hydrogen) atoms. The molecule has 1 nitrogen and oxygen atoms in total. The first-order chi connectivity index (χ1) is 9.28. The van der Waals surface area contributed by atoms with Crippen LogP contribution in [-0.4, -0.2) is 0 Å². The Morgan fingerprint density at radius 2 is 1.60 bits per heavy atom. The fourth-order valence-corrected chi connectivity index (χ4v) is 2.65. The van der Waals surface area contributed by atoms with Crippen molar-refractivity contribution in [2.45, 2.75) is 39.7 Å². The summed E-state index contributed by atoms with van der Waals surface area (Å²) in [5.74, 6) is -0.195. The molecule has 2 rings (SSSR count). The topological polar surface area (TPSA) is 26.0 Å². The van der Waals surface area contributed by atoms with Crippen LogP contribution in [0.25, 0.3) is 0 Å². The summed E-state index contributed by atoms with van der Waals surface area (Å²) in [4.78, 5) is 0. The first-order valence-electron chi connectivity index (χ1n) is 6.90. The maximum absolute atomic E-state index is 13.7. The third-order valence-corrected chi connectivity index (χ3v) is 3.68. The van der Waals surface area contributed by atoms with Gasteiger partial charge in [-0.2, -0.15) is 0 Å². The van der Waals surface area contributed by atoms with Gasteiger partial charge in [0.15, 0.2) is 0 Å². The lowest BCUT2D eigenvalue weighted by Crippen LogP contribution is -2.35. The van der Waals surface area contributed by atoms with Crippen LogP contribution < -0.4 is 5.73 Å². The van der Waals surface area contributed by atoms with Gasteiger partial charge >= 0.3 is 0 Å². The molecule has 0 amide bonds. The second-order valence-corrected chi connectivity index (χ2v) is 6.05. The van der Waals surface area contributed by atoms with E-state index in [2.05, 4.69) is 32.0 Å². The van der Waals surface area contributed by atoms with E-state index in [4.69, 9.17) is 5.73 Å². The molecular formula is C18H22FN. The lowest BCUT2D eigenvalue weighted by atomic mass is 9.85. The average Bonchev–Trinajstić information content (AvgIpc) is 2.30. The van der Waals surface area contributed by atoms with Gasteiger partial charge in [-0.3, -0.25) is 0 Å². The van der Waals surface area contributed by atoms with Crippen LogP contribution in [0.4, 0.5) is 4.39 Å². The van der Waals surface area contributed by atoms with E-state index in [-0.39, 0.29) is 5.82 Å². The lowest BCUT2D eigenvalue weighted by molar-refractivity contribution is 0.485. The maximum atomic E-state index is 13.7. The van der Waals surface area contributed by atoms with E-state index in [1.807, 2.05) is 13.0 Å². The van der Waals surface area contributed by atoms with Crippen LogP contribution in [0.1, 0.15) is 34.7 Å². The Bertz CT molecular complexity index is 609. The number of aryl methyl sites for hydroxylation is 3. The van der Waals surface area contributed by atoms with Crippen LogP contribution in [-0.2, 0) is 12.0 Å². The highest BCUT2D eigenvalue weighted by Gasteiger charge is 2.22. The molecular weight excluding hydrogens is 249 g/mol. The molecule has 1 unspecified atom stereocenters. The fraction of sp³-hybridized carbons (Fsp3) is 0.333. The van der Waals surface area contributed by atoms with Gasteiger partial charge in [-0.05, 0) is 56.9 Å². The minimum absolute atomic E-state index is 0.195. The van der Waals surface area contributed by atoms with Crippen molar-refractivity contribution in [3.63, 3.8) is 0 Å². The molecule has 0 heterocycles. The number of hydrogen-bond acceptors (Lipinski definition) is 1. The van der Waals surface area contributed by atoms with Gasteiger partial charge in [0.1, 0.15) is 5.82 Å². The molecule has 0 spiro atoms. The van der Waals surface area contributed by atoms with Crippen molar-refractivity contribution >= 4 is 0 Å². The van der Waals surface area contributed by atoms with Gasteiger partial charge in [0.2, 0.25) is 0 Å². The number of nitrogens with two attached hydrogens (primary N) is 1. The highest BCUT2D eigenvalue weighted by molar-refractivity contribution is 5.34. The van der Waals surface area contributed by atoms with Gasteiger partial charge in [-0.15, -0.1) is 0 Å². The van der Waals surface area contributed by atoms with Crippen LogP contribution in [0.3, 0.4) is 0 Å². The van der Waals surface area contributed by atoms with Crippen molar-refractivity contribution in [2.24, 2.45) is 5.73 Å². The highest BCUT2D eigenvalue weighted by atomic mass is 19.1. The molecule has 0 bridgehead atoms. The molecule has 1 atom stereocenters. The molecule has 2 aromatic carbocycles. The predicted molar refractivity (Wildman–Crippen MR) is 82.3 cm³/mol. The van der Waals surface area contributed by atoms with Crippen LogP contribution in [0.5, 0.6) is 0 Å². The van der Waals surface area contributed by atoms with E-state index in [0.29, 0.717) is 12.0 Å². The lowest BCUT2D eigenvalue weighted by Gasteiger charge is -2.26. The van der Waals surface area contributed by atoms with Crippen LogP contribution in [0.15, 0.2) is 36.4 Å². The van der Waals surface area contributed by atoms with Gasteiger partial charge < -0.3 is 5.73 Å². The summed E-state index contributed by atoms with van der Waals surface area (Å²) in [6, 6.07) is 11.7. The summed E-state index contributed by atoms with van der Waals surface area (Å²) in [6.07, 6.45) is 0.692. The van der Waals surface area contributed by atoms with E-state index < -0.39 is 5.54 Å². The van der Waals surface area contributed by atoms with Gasteiger partial charge in [-0.1, -0.05) is 41.5 Å². The van der Waals surface area contributed by atoms with Gasteiger partial charge in [-0.25, -0.2) is 4.39 Å². The highest BCUT2D eigenvalue weighted by Crippen LogP contribution is 2.25. The minimum Gasteiger partial charge on any atom is -0.321 e. The van der Waals surface area contributed by atoms with E-state index in [1.54, 1.807) is 19.1 Å². The summed E-state index contributed by atoms with van der Waals surface area (Å²) in [7, 11) is 0. The third-order valence-electron chi connectivity index (χ3n) is 3.68. The second-order valence-electron chi connectivity index (χ2n) is 6.05. The monoisotopic (exact) mass is 271 g/mol. The second kappa shape index (κ2) is 5.37. The maximum Gasteiger partial charge on any atom is 0.126 e. The van der Waals surface area contributed by atoms with Crippen molar-refractivity contribution < 1.29 is 4.39 Å². The van der Waals surface area contributed by atoms with E-state index >= 15 is 0 Å². The number of rotatable bonds is 3. The van der Waals surface area contributed by atoms with Crippen molar-refractivity contribution in [3.8, 4) is 0 Å². The first-order valence-corrected chi connectivity index (χ1v) is 6.90. The van der Waals surface area contributed by atoms with E-state index in [0.717, 1.165) is 5.56 Å². The van der Waals surface area contributed by atoms with Crippen LogP contribution in [0, 0.1) is 26.6 Å². The SMILES string of the molecule is Cc1cc(C)cc(CC(C)(N)c2ccc(C)c(F)c2)c1. The number of halogens is 1. The first kappa shape index (κ1) is 14.7. The van der Waals surface area contributed by atoms with E-state index in [9.17, 15) is 4.39 Å². The summed E-state index contributed by atoms with van der Waals surface area (Å²) < 4.78 is 13.7. The summed E-state index contributed by atoms with van der Waals surface area (Å²) in [5.41, 5.74) is 11.0. The van der Waals surface area contributed by atoms with Gasteiger partial charge in [0, 0.05) is 5.54 Å². The quantitative estimate of drug-likeness (QED) is 0.891. The molecule has 0 aliphatic carbocycles. The largest absolute Gasteiger partial charge is 0.321 e. The Morgan fingerprint density at radius 3 is 2.15 bits per heavy atom. The molecule has 0 aliphatic rings. The van der Waals surface area contributed by atoms with Crippen molar-refractivity contribution in [2.75, 3.05) is 0 Å². The van der Waals surface area contributed by atoms with Crippen molar-refractivity contribution in [1.82, 2.24) is 0 Å². The molecule has 0 saturated carbocycles. The van der Waals surface area contributed by atoms with E-state index in [1.165, 1.54) is 16.7 Å². The zero-order valence-electron chi connectivity index (χ0n) is 12.6. The number of hydrogen-bond donors (Lipinski definition) is 1. The normalized spacial score (nSPS) is 14.1. The third kappa shape index (κ3) is 3.26. The fourth-order valence-electron chi connectivity index (χ4n) is 2.65. The van der Waals surface area contributed by atoms with Crippen LogP contribution >= 0.6 is 0 Å². The Kier molecular flexibility index (Phi) is 3.96. The van der Waals surface area contributed by atoms with Gasteiger partial charge in [0.25, 0.3) is 0 Å². The molecule has 2 aromatic rings. The molecule has 0 aromatic heterocycles. The summed E-state index contributed by atoms with van der Waals surface area (Å²) in [5, 5.41) is 0. The van der Waals surface area contributed by atoms with Gasteiger partial charge in [0.05, 0.1) is 0 Å².